The van der Waals surface area contributed by atoms with Gasteiger partial charge in [0.15, 0.2) is 0 Å². The molecular weight excluding hydrogens is 397 g/mol. The minimum atomic E-state index is -0.0424. The van der Waals surface area contributed by atoms with Gasteiger partial charge in [-0.05, 0) is 25.1 Å². The monoisotopic (exact) mass is 409 g/mol. The van der Waals surface area contributed by atoms with Gasteiger partial charge in [-0.2, -0.15) is 0 Å². The van der Waals surface area contributed by atoms with E-state index in [2.05, 4.69) is 31.9 Å². The van der Waals surface area contributed by atoms with E-state index < -0.39 is 0 Å². The Morgan fingerprint density at radius 2 is 2.32 bits per heavy atom. The summed E-state index contributed by atoms with van der Waals surface area (Å²) >= 11 is 12.9. The SMILES string of the molecule is CC1COC(CBr)CN1C(=O)c1ccc(Br)cc1Cl. The number of morpholine rings is 1. The fourth-order valence-electron chi connectivity index (χ4n) is 2.01. The summed E-state index contributed by atoms with van der Waals surface area (Å²) in [6, 6.07) is 5.37. The molecule has 1 aliphatic heterocycles. The highest BCUT2D eigenvalue weighted by molar-refractivity contribution is 9.10. The minimum absolute atomic E-state index is 0.0365. The van der Waals surface area contributed by atoms with Crippen molar-refractivity contribution in [2.24, 2.45) is 0 Å². The van der Waals surface area contributed by atoms with E-state index in [1.807, 2.05) is 17.9 Å². The van der Waals surface area contributed by atoms with Crippen LogP contribution < -0.4 is 0 Å². The third kappa shape index (κ3) is 3.51. The van der Waals surface area contributed by atoms with Crippen LogP contribution in [-0.2, 0) is 4.74 Å². The van der Waals surface area contributed by atoms with Crippen molar-refractivity contribution in [1.29, 1.82) is 0 Å². The Kier molecular flexibility index (Phi) is 5.29. The number of halogens is 3. The second-order valence-electron chi connectivity index (χ2n) is 4.54. The Morgan fingerprint density at radius 3 is 2.95 bits per heavy atom. The molecule has 1 aromatic carbocycles. The third-order valence-electron chi connectivity index (χ3n) is 3.10. The van der Waals surface area contributed by atoms with Gasteiger partial charge in [0.05, 0.1) is 29.3 Å². The number of carbonyl (C=O) groups excluding carboxylic acids is 1. The van der Waals surface area contributed by atoms with Crippen LogP contribution in [0.1, 0.15) is 17.3 Å². The number of hydrogen-bond donors (Lipinski definition) is 0. The minimum Gasteiger partial charge on any atom is -0.373 e. The average molecular weight is 412 g/mol. The zero-order chi connectivity index (χ0) is 14.0. The second kappa shape index (κ2) is 6.57. The van der Waals surface area contributed by atoms with Gasteiger partial charge in [0.1, 0.15) is 0 Å². The lowest BCUT2D eigenvalue weighted by Gasteiger charge is -2.37. The van der Waals surface area contributed by atoms with Crippen molar-refractivity contribution in [3.63, 3.8) is 0 Å². The van der Waals surface area contributed by atoms with Gasteiger partial charge in [0, 0.05) is 16.3 Å². The van der Waals surface area contributed by atoms with E-state index in [9.17, 15) is 4.79 Å². The first-order chi connectivity index (χ1) is 9.02. The topological polar surface area (TPSA) is 29.5 Å². The summed E-state index contributed by atoms with van der Waals surface area (Å²) in [7, 11) is 0. The molecule has 0 radical (unpaired) electrons. The highest BCUT2D eigenvalue weighted by Gasteiger charge is 2.30. The summed E-state index contributed by atoms with van der Waals surface area (Å²) < 4.78 is 6.49. The largest absolute Gasteiger partial charge is 0.373 e. The van der Waals surface area contributed by atoms with Crippen molar-refractivity contribution in [2.45, 2.75) is 19.1 Å². The molecule has 1 aromatic rings. The maximum Gasteiger partial charge on any atom is 0.255 e. The number of ether oxygens (including phenoxy) is 1. The molecule has 2 rings (SSSR count). The molecule has 0 aromatic heterocycles. The number of rotatable bonds is 2. The van der Waals surface area contributed by atoms with Gasteiger partial charge in [-0.25, -0.2) is 0 Å². The molecule has 0 bridgehead atoms. The van der Waals surface area contributed by atoms with Gasteiger partial charge >= 0.3 is 0 Å². The average Bonchev–Trinajstić information content (AvgIpc) is 2.38. The number of hydrogen-bond acceptors (Lipinski definition) is 2. The predicted molar refractivity (Wildman–Crippen MR) is 83.2 cm³/mol. The molecule has 0 aliphatic carbocycles. The zero-order valence-corrected chi connectivity index (χ0v) is 14.3. The lowest BCUT2D eigenvalue weighted by Crippen LogP contribution is -2.51. The van der Waals surface area contributed by atoms with Crippen LogP contribution in [0.3, 0.4) is 0 Å². The smallest absolute Gasteiger partial charge is 0.255 e. The molecule has 2 unspecified atom stereocenters. The maximum absolute atomic E-state index is 12.6. The Labute approximate surface area is 134 Å². The van der Waals surface area contributed by atoms with Gasteiger partial charge < -0.3 is 9.64 Å². The van der Waals surface area contributed by atoms with E-state index in [4.69, 9.17) is 16.3 Å². The second-order valence-corrected chi connectivity index (χ2v) is 6.51. The number of nitrogens with zero attached hydrogens (tertiary/aromatic N) is 1. The number of benzene rings is 1. The molecule has 0 saturated carbocycles. The summed E-state index contributed by atoms with van der Waals surface area (Å²) in [4.78, 5) is 14.4. The van der Waals surface area contributed by atoms with Crippen LogP contribution in [0.4, 0.5) is 0 Å². The molecule has 1 aliphatic rings. The van der Waals surface area contributed by atoms with E-state index >= 15 is 0 Å². The van der Waals surface area contributed by atoms with Crippen molar-refractivity contribution in [2.75, 3.05) is 18.5 Å². The van der Waals surface area contributed by atoms with Crippen LogP contribution in [0, 0.1) is 0 Å². The molecule has 3 nitrogen and oxygen atoms in total. The van der Waals surface area contributed by atoms with Crippen molar-refractivity contribution >= 4 is 49.4 Å². The first kappa shape index (κ1) is 15.3. The van der Waals surface area contributed by atoms with Crippen LogP contribution in [0.2, 0.25) is 5.02 Å². The molecule has 0 spiro atoms. The molecule has 0 N–H and O–H groups in total. The lowest BCUT2D eigenvalue weighted by molar-refractivity contribution is -0.0361. The first-order valence-corrected chi connectivity index (χ1v) is 8.25. The molecule has 1 saturated heterocycles. The van der Waals surface area contributed by atoms with Crippen molar-refractivity contribution in [3.05, 3.63) is 33.3 Å². The number of carbonyl (C=O) groups is 1. The van der Waals surface area contributed by atoms with Crippen molar-refractivity contribution in [1.82, 2.24) is 4.90 Å². The zero-order valence-electron chi connectivity index (χ0n) is 10.4. The molecule has 1 fully saturated rings. The van der Waals surface area contributed by atoms with E-state index in [0.29, 0.717) is 23.7 Å². The quantitative estimate of drug-likeness (QED) is 0.694. The summed E-state index contributed by atoms with van der Waals surface area (Å²) in [6.07, 6.45) is 0.0365. The number of amides is 1. The van der Waals surface area contributed by atoms with E-state index in [-0.39, 0.29) is 18.1 Å². The Morgan fingerprint density at radius 1 is 1.58 bits per heavy atom. The fraction of sp³-hybridized carbons (Fsp3) is 0.462. The maximum atomic E-state index is 12.6. The van der Waals surface area contributed by atoms with Gasteiger partial charge in [-0.1, -0.05) is 43.5 Å². The van der Waals surface area contributed by atoms with Crippen molar-refractivity contribution < 1.29 is 9.53 Å². The van der Waals surface area contributed by atoms with Gasteiger partial charge in [0.25, 0.3) is 5.91 Å². The van der Waals surface area contributed by atoms with Crippen molar-refractivity contribution in [3.8, 4) is 0 Å². The summed E-state index contributed by atoms with van der Waals surface area (Å²) in [5.74, 6) is -0.0424. The standard InChI is InChI=1S/C13H14Br2ClNO2/c1-8-7-19-10(5-14)6-17(8)13(18)11-3-2-9(15)4-12(11)16/h2-4,8,10H,5-7H2,1H3. The molecule has 6 heteroatoms. The van der Waals surface area contributed by atoms with Crippen LogP contribution in [-0.4, -0.2) is 41.4 Å². The molecule has 1 amide bonds. The predicted octanol–water partition coefficient (Wildman–Crippen LogP) is 3.73. The molecule has 104 valence electrons. The Hall–Kier alpha value is -0.100. The first-order valence-electron chi connectivity index (χ1n) is 5.96. The molecule has 2 atom stereocenters. The van der Waals surface area contributed by atoms with E-state index in [1.165, 1.54) is 0 Å². The van der Waals surface area contributed by atoms with Gasteiger partial charge in [0.2, 0.25) is 0 Å². The van der Waals surface area contributed by atoms with Gasteiger partial charge in [-0.3, -0.25) is 4.79 Å². The molecule has 19 heavy (non-hydrogen) atoms. The van der Waals surface area contributed by atoms with E-state index in [0.717, 1.165) is 9.80 Å². The highest BCUT2D eigenvalue weighted by Crippen LogP contribution is 2.24. The summed E-state index contributed by atoms with van der Waals surface area (Å²) in [6.45, 7) is 3.11. The highest BCUT2D eigenvalue weighted by atomic mass is 79.9. The third-order valence-corrected chi connectivity index (χ3v) is 4.63. The summed E-state index contributed by atoms with van der Waals surface area (Å²) in [5, 5.41) is 1.19. The van der Waals surface area contributed by atoms with Crippen LogP contribution >= 0.6 is 43.5 Å². The Balaban J connectivity index is 2.22. The Bertz CT molecular complexity index is 484. The van der Waals surface area contributed by atoms with Crippen LogP contribution in [0.25, 0.3) is 0 Å². The van der Waals surface area contributed by atoms with Crippen LogP contribution in [0.15, 0.2) is 22.7 Å². The molecule has 1 heterocycles. The fourth-order valence-corrected chi connectivity index (χ4v) is 3.16. The molecular formula is C13H14Br2ClNO2. The van der Waals surface area contributed by atoms with Gasteiger partial charge in [-0.15, -0.1) is 0 Å². The summed E-state index contributed by atoms with van der Waals surface area (Å²) in [5.41, 5.74) is 0.534. The van der Waals surface area contributed by atoms with Crippen LogP contribution in [0.5, 0.6) is 0 Å². The van der Waals surface area contributed by atoms with E-state index in [1.54, 1.807) is 12.1 Å². The number of alkyl halides is 1. The normalized spacial score (nSPS) is 23.5. The lowest BCUT2D eigenvalue weighted by atomic mass is 10.1.